The molecule has 0 unspecified atom stereocenters. The molecule has 6 aromatic carbocycles. The van der Waals surface area contributed by atoms with E-state index in [4.69, 9.17) is 4.74 Å². The van der Waals surface area contributed by atoms with E-state index in [0.29, 0.717) is 17.1 Å². The Labute approximate surface area is 322 Å². The van der Waals surface area contributed by atoms with Crippen molar-refractivity contribution in [1.29, 1.82) is 0 Å². The first kappa shape index (κ1) is 41.3. The van der Waals surface area contributed by atoms with Crippen LogP contribution in [0, 0.1) is 42.5 Å². The van der Waals surface area contributed by atoms with Crippen LogP contribution < -0.4 is 26.0 Å². The molecule has 0 saturated heterocycles. The summed E-state index contributed by atoms with van der Waals surface area (Å²) >= 11 is 0. The highest BCUT2D eigenvalue weighted by Gasteiger charge is 2.12. The van der Waals surface area contributed by atoms with Gasteiger partial charge in [0.15, 0.2) is 11.6 Å². The summed E-state index contributed by atoms with van der Waals surface area (Å²) in [5, 5.41) is 21.5. The number of rotatable bonds is 8. The predicted molar refractivity (Wildman–Crippen MR) is 215 cm³/mol. The van der Waals surface area contributed by atoms with Gasteiger partial charge in [0.25, 0.3) is 17.5 Å². The van der Waals surface area contributed by atoms with Gasteiger partial charge in [-0.1, -0.05) is 59.2 Å². The van der Waals surface area contributed by atoms with Gasteiger partial charge >= 0.3 is 6.03 Å². The van der Waals surface area contributed by atoms with Crippen molar-refractivity contribution in [2.24, 2.45) is 0 Å². The lowest BCUT2D eigenvalue weighted by Gasteiger charge is -2.08. The lowest BCUT2D eigenvalue weighted by Crippen LogP contribution is -2.19. The molecular weight excluding hydrogens is 720 g/mol. The van der Waals surface area contributed by atoms with Gasteiger partial charge in [-0.15, -0.1) is 0 Å². The number of carbonyl (C=O) groups excluding carboxylic acids is 3. The van der Waals surface area contributed by atoms with Gasteiger partial charge < -0.3 is 26.0 Å². The molecule has 11 nitrogen and oxygen atoms in total. The van der Waals surface area contributed by atoms with Crippen LogP contribution in [0.3, 0.4) is 0 Å². The number of methoxy groups -OCH3 is 1. The molecule has 0 atom stereocenters. The quantitative estimate of drug-likeness (QED) is 0.0896. The molecule has 4 amide bonds. The largest absolute Gasteiger partial charge is 0.497 e. The molecule has 0 aliphatic heterocycles. The smallest absolute Gasteiger partial charge is 0.323 e. The van der Waals surface area contributed by atoms with E-state index < -0.39 is 22.5 Å². The monoisotopic (exact) mass is 759 g/mol. The summed E-state index contributed by atoms with van der Waals surface area (Å²) in [6, 6.07) is 37.7. The first-order valence-corrected chi connectivity index (χ1v) is 17.0. The Hall–Kier alpha value is -7.41. The van der Waals surface area contributed by atoms with E-state index in [9.17, 15) is 33.3 Å². The normalized spacial score (nSPS) is 9.96. The molecule has 0 fully saturated rings. The number of urea groups is 1. The van der Waals surface area contributed by atoms with Crippen LogP contribution >= 0.6 is 0 Å². The van der Waals surface area contributed by atoms with Gasteiger partial charge in [0.1, 0.15) is 5.75 Å². The van der Waals surface area contributed by atoms with E-state index in [1.54, 1.807) is 55.6 Å². The number of anilines is 4. The fourth-order valence-corrected chi connectivity index (χ4v) is 4.68. The third kappa shape index (κ3) is 13.2. The van der Waals surface area contributed by atoms with Crippen molar-refractivity contribution >= 4 is 46.3 Å². The van der Waals surface area contributed by atoms with Crippen molar-refractivity contribution in [1.82, 2.24) is 0 Å². The molecule has 0 saturated carbocycles. The summed E-state index contributed by atoms with van der Waals surface area (Å²) in [5.74, 6) is -2.09. The van der Waals surface area contributed by atoms with E-state index in [2.05, 4.69) is 21.3 Å². The van der Waals surface area contributed by atoms with Crippen molar-refractivity contribution < 1.29 is 32.8 Å². The number of non-ortho nitro benzene ring substituents is 1. The number of halogens is 2. The van der Waals surface area contributed by atoms with Crippen molar-refractivity contribution in [3.63, 3.8) is 0 Å². The molecule has 0 aromatic heterocycles. The summed E-state index contributed by atoms with van der Waals surface area (Å²) in [7, 11) is 1.60. The van der Waals surface area contributed by atoms with E-state index in [1.165, 1.54) is 30.3 Å². The van der Waals surface area contributed by atoms with Gasteiger partial charge in [-0.3, -0.25) is 19.7 Å². The number of hydrogen-bond donors (Lipinski definition) is 4. The summed E-state index contributed by atoms with van der Waals surface area (Å²) in [6.07, 6.45) is 0. The van der Waals surface area contributed by atoms with Crippen LogP contribution in [0.5, 0.6) is 5.75 Å². The molecule has 0 aliphatic carbocycles. The van der Waals surface area contributed by atoms with Gasteiger partial charge in [-0.25, -0.2) is 13.6 Å². The summed E-state index contributed by atoms with van der Waals surface area (Å²) in [5.41, 5.74) is 6.29. The van der Waals surface area contributed by atoms with Crippen molar-refractivity contribution in [2.45, 2.75) is 20.8 Å². The molecular formula is C43H39F2N5O6. The average molecular weight is 760 g/mol. The summed E-state index contributed by atoms with van der Waals surface area (Å²) in [4.78, 5) is 45.6. The maximum Gasteiger partial charge on any atom is 0.323 e. The van der Waals surface area contributed by atoms with Crippen molar-refractivity contribution in [3.8, 4) is 5.75 Å². The van der Waals surface area contributed by atoms with Gasteiger partial charge in [0.05, 0.1) is 12.0 Å². The molecule has 0 radical (unpaired) electrons. The van der Waals surface area contributed by atoms with E-state index in [-0.39, 0.29) is 28.8 Å². The number of benzene rings is 6. The molecule has 6 rings (SSSR count). The molecule has 56 heavy (non-hydrogen) atoms. The Kier molecular flexibility index (Phi) is 14.9. The molecule has 0 bridgehead atoms. The Morgan fingerprint density at radius 3 is 1.36 bits per heavy atom. The topological polar surface area (TPSA) is 152 Å². The Bertz CT molecular complexity index is 2270. The van der Waals surface area contributed by atoms with Crippen LogP contribution in [0.4, 0.5) is 42.0 Å². The molecule has 13 heteroatoms. The number of hydrogen-bond acceptors (Lipinski definition) is 6. The zero-order chi connectivity index (χ0) is 40.6. The predicted octanol–water partition coefficient (Wildman–Crippen LogP) is 10.3. The standard InChI is InChI=1S/C15H16N2O2.C14H11F2NO.C14H12N2O3/c1-11-3-5-12(6-4-11)16-15(18)17-13-7-9-14(19-2)10-8-13;1-9-2-5-11(6-3-9)17-14(18)10-4-7-12(15)13(16)8-10;1-10-5-7-12(8-6-10)15-14(17)11-3-2-4-13(9-11)16(18)19/h3-10H,1-2H3,(H2,16,17,18);2-8H,1H3,(H,17,18);2-9H,1H3,(H,15,17). The minimum Gasteiger partial charge on any atom is -0.497 e. The number of nitro groups is 1. The maximum absolute atomic E-state index is 13.0. The highest BCUT2D eigenvalue weighted by Crippen LogP contribution is 2.18. The Balaban J connectivity index is 0.000000187. The molecule has 4 N–H and O–H groups in total. The van der Waals surface area contributed by atoms with Gasteiger partial charge in [0.2, 0.25) is 0 Å². The maximum atomic E-state index is 13.0. The first-order valence-electron chi connectivity index (χ1n) is 17.0. The Morgan fingerprint density at radius 2 is 0.946 bits per heavy atom. The van der Waals surface area contributed by atoms with Crippen LogP contribution in [0.2, 0.25) is 0 Å². The number of nitrogens with one attached hydrogen (secondary N) is 4. The lowest BCUT2D eigenvalue weighted by atomic mass is 10.1. The Morgan fingerprint density at radius 1 is 0.536 bits per heavy atom. The molecule has 0 aliphatic rings. The first-order chi connectivity index (χ1) is 26.8. The van der Waals surface area contributed by atoms with Crippen LogP contribution in [-0.4, -0.2) is 29.9 Å². The van der Waals surface area contributed by atoms with Gasteiger partial charge in [-0.05, 0) is 106 Å². The van der Waals surface area contributed by atoms with Crippen molar-refractivity contribution in [3.05, 3.63) is 189 Å². The fourth-order valence-electron chi connectivity index (χ4n) is 4.68. The van der Waals surface area contributed by atoms with Gasteiger partial charge in [0, 0.05) is 46.0 Å². The number of nitrogens with zero attached hydrogens (tertiary/aromatic N) is 1. The molecule has 286 valence electrons. The van der Waals surface area contributed by atoms with Crippen LogP contribution in [0.1, 0.15) is 37.4 Å². The average Bonchev–Trinajstić information content (AvgIpc) is 3.19. The SMILES string of the molecule is COc1ccc(NC(=O)Nc2ccc(C)cc2)cc1.Cc1ccc(NC(=O)c2ccc(F)c(F)c2)cc1.Cc1ccc(NC(=O)c2cccc([N+](=O)[O-])c2)cc1. The number of amides is 4. The van der Waals surface area contributed by atoms with Crippen LogP contribution in [0.25, 0.3) is 0 Å². The second-order valence-corrected chi connectivity index (χ2v) is 12.3. The fraction of sp³-hybridized carbons (Fsp3) is 0.0930. The van der Waals surface area contributed by atoms with E-state index in [0.717, 1.165) is 40.3 Å². The highest BCUT2D eigenvalue weighted by atomic mass is 19.2. The molecule has 0 spiro atoms. The zero-order valence-corrected chi connectivity index (χ0v) is 30.9. The minimum atomic E-state index is -1.04. The second-order valence-electron chi connectivity index (χ2n) is 12.3. The summed E-state index contributed by atoms with van der Waals surface area (Å²) in [6.45, 7) is 5.88. The third-order valence-electron chi connectivity index (χ3n) is 7.78. The third-order valence-corrected chi connectivity index (χ3v) is 7.78. The van der Waals surface area contributed by atoms with Crippen LogP contribution in [-0.2, 0) is 0 Å². The lowest BCUT2D eigenvalue weighted by molar-refractivity contribution is -0.384. The van der Waals surface area contributed by atoms with Crippen LogP contribution in [0.15, 0.2) is 140 Å². The molecule has 0 heterocycles. The second kappa shape index (κ2) is 20.2. The highest BCUT2D eigenvalue weighted by molar-refractivity contribution is 6.05. The van der Waals surface area contributed by atoms with Gasteiger partial charge in [-0.2, -0.15) is 0 Å². The van der Waals surface area contributed by atoms with E-state index >= 15 is 0 Å². The molecule has 6 aromatic rings. The number of nitro benzene ring substituents is 1. The zero-order valence-electron chi connectivity index (χ0n) is 30.9. The summed E-state index contributed by atoms with van der Waals surface area (Å²) < 4.78 is 30.8. The minimum absolute atomic E-state index is 0.0782. The number of aryl methyl sites for hydroxylation is 3. The number of carbonyl (C=O) groups is 3. The number of ether oxygens (including phenoxy) is 1. The van der Waals surface area contributed by atoms with E-state index in [1.807, 2.05) is 69.3 Å². The van der Waals surface area contributed by atoms with Crippen molar-refractivity contribution in [2.75, 3.05) is 28.4 Å².